The zero-order chi connectivity index (χ0) is 12.3. The first-order valence-corrected chi connectivity index (χ1v) is 5.84. The molecule has 3 heteroatoms. The summed E-state index contributed by atoms with van der Waals surface area (Å²) in [7, 11) is 0. The lowest BCUT2D eigenvalue weighted by molar-refractivity contribution is 0.403. The zero-order valence-corrected chi connectivity index (χ0v) is 9.93. The van der Waals surface area contributed by atoms with Crippen LogP contribution in [0.25, 0.3) is 5.57 Å². The van der Waals surface area contributed by atoms with Crippen LogP contribution in [0.3, 0.4) is 0 Å². The third-order valence-corrected chi connectivity index (χ3v) is 2.82. The number of hydrogen-bond donors (Lipinski definition) is 2. The van der Waals surface area contributed by atoms with Crippen molar-refractivity contribution in [1.82, 2.24) is 4.90 Å². The largest absolute Gasteiger partial charge is 0.504 e. The van der Waals surface area contributed by atoms with Crippen molar-refractivity contribution in [3.63, 3.8) is 0 Å². The first-order valence-electron chi connectivity index (χ1n) is 5.84. The molecule has 0 saturated carbocycles. The Hall–Kier alpha value is -1.90. The Morgan fingerprint density at radius 1 is 1.24 bits per heavy atom. The van der Waals surface area contributed by atoms with Crippen molar-refractivity contribution >= 4 is 5.57 Å². The van der Waals surface area contributed by atoms with E-state index in [1.54, 1.807) is 6.07 Å². The number of nitrogens with zero attached hydrogens (tertiary/aromatic N) is 1. The molecule has 0 spiro atoms. The summed E-state index contributed by atoms with van der Waals surface area (Å²) < 4.78 is 0. The number of phenols is 2. The lowest BCUT2D eigenvalue weighted by Crippen LogP contribution is -2.22. The smallest absolute Gasteiger partial charge is 0.158 e. The van der Waals surface area contributed by atoms with Crippen LogP contribution in [0, 0.1) is 0 Å². The molecule has 0 amide bonds. The molecule has 0 saturated heterocycles. The van der Waals surface area contributed by atoms with Gasteiger partial charge in [-0.25, -0.2) is 0 Å². The Labute approximate surface area is 101 Å². The molecule has 1 aromatic rings. The van der Waals surface area contributed by atoms with Crippen LogP contribution in [0.2, 0.25) is 0 Å². The van der Waals surface area contributed by atoms with E-state index in [9.17, 15) is 10.2 Å². The van der Waals surface area contributed by atoms with Crippen molar-refractivity contribution in [2.45, 2.75) is 13.3 Å². The summed E-state index contributed by atoms with van der Waals surface area (Å²) in [6.45, 7) is 4.02. The van der Waals surface area contributed by atoms with Gasteiger partial charge < -0.3 is 15.1 Å². The maximum Gasteiger partial charge on any atom is 0.158 e. The predicted molar refractivity (Wildman–Crippen MR) is 68.8 cm³/mol. The molecule has 2 rings (SSSR count). The number of benzene rings is 1. The third kappa shape index (κ3) is 2.61. The SMILES string of the molecule is CCCN1C=CC=C(c2ccc(O)c(O)c2)C1. The van der Waals surface area contributed by atoms with E-state index in [1.165, 1.54) is 6.07 Å². The topological polar surface area (TPSA) is 43.7 Å². The molecule has 1 aliphatic rings. The Kier molecular flexibility index (Phi) is 3.38. The van der Waals surface area contributed by atoms with Crippen LogP contribution >= 0.6 is 0 Å². The normalized spacial score (nSPS) is 14.9. The highest BCUT2D eigenvalue weighted by Crippen LogP contribution is 2.29. The molecule has 1 aliphatic heterocycles. The van der Waals surface area contributed by atoms with E-state index in [0.717, 1.165) is 30.6 Å². The van der Waals surface area contributed by atoms with Gasteiger partial charge in [-0.3, -0.25) is 0 Å². The van der Waals surface area contributed by atoms with Crippen LogP contribution in [0.4, 0.5) is 0 Å². The first kappa shape index (κ1) is 11.6. The standard InChI is InChI=1S/C14H17NO2/c1-2-7-15-8-3-4-12(10-15)11-5-6-13(16)14(17)9-11/h3-6,8-9,16-17H,2,7,10H2,1H3. The van der Waals surface area contributed by atoms with Crippen molar-refractivity contribution in [2.24, 2.45) is 0 Å². The number of allylic oxidation sites excluding steroid dienone is 2. The van der Waals surface area contributed by atoms with Gasteiger partial charge >= 0.3 is 0 Å². The Bertz CT molecular complexity index is 463. The van der Waals surface area contributed by atoms with Gasteiger partial charge in [0.25, 0.3) is 0 Å². The molecule has 0 unspecified atom stereocenters. The van der Waals surface area contributed by atoms with Gasteiger partial charge in [0.1, 0.15) is 0 Å². The van der Waals surface area contributed by atoms with E-state index in [-0.39, 0.29) is 11.5 Å². The molecular weight excluding hydrogens is 214 g/mol. The van der Waals surface area contributed by atoms with Crippen LogP contribution in [-0.2, 0) is 0 Å². The van der Waals surface area contributed by atoms with Gasteiger partial charge in [0.2, 0.25) is 0 Å². The molecule has 0 aromatic heterocycles. The van der Waals surface area contributed by atoms with Gasteiger partial charge in [0.15, 0.2) is 11.5 Å². The Morgan fingerprint density at radius 3 is 2.76 bits per heavy atom. The van der Waals surface area contributed by atoms with Crippen LogP contribution in [0.5, 0.6) is 11.5 Å². The number of phenolic OH excluding ortho intramolecular Hbond substituents is 2. The minimum absolute atomic E-state index is 0.0694. The van der Waals surface area contributed by atoms with Crippen molar-refractivity contribution < 1.29 is 10.2 Å². The minimum Gasteiger partial charge on any atom is -0.504 e. The van der Waals surface area contributed by atoms with E-state index in [4.69, 9.17) is 0 Å². The summed E-state index contributed by atoms with van der Waals surface area (Å²) in [6, 6.07) is 4.95. The lowest BCUT2D eigenvalue weighted by Gasteiger charge is -2.24. The average molecular weight is 231 g/mol. The van der Waals surface area contributed by atoms with Gasteiger partial charge in [0.05, 0.1) is 0 Å². The molecule has 0 radical (unpaired) electrons. The number of rotatable bonds is 3. The molecule has 0 atom stereocenters. The third-order valence-electron chi connectivity index (χ3n) is 2.82. The van der Waals surface area contributed by atoms with Gasteiger partial charge in [-0.15, -0.1) is 0 Å². The molecule has 1 heterocycles. The summed E-state index contributed by atoms with van der Waals surface area (Å²) in [5, 5.41) is 18.8. The summed E-state index contributed by atoms with van der Waals surface area (Å²) in [5.74, 6) is -0.147. The van der Waals surface area contributed by atoms with Gasteiger partial charge in [-0.05, 0) is 42.0 Å². The maximum atomic E-state index is 9.49. The maximum absolute atomic E-state index is 9.49. The minimum atomic E-state index is -0.0777. The highest BCUT2D eigenvalue weighted by atomic mass is 16.3. The summed E-state index contributed by atoms with van der Waals surface area (Å²) >= 11 is 0. The van der Waals surface area contributed by atoms with Crippen molar-refractivity contribution in [1.29, 1.82) is 0 Å². The summed E-state index contributed by atoms with van der Waals surface area (Å²) in [6.07, 6.45) is 7.24. The Morgan fingerprint density at radius 2 is 2.06 bits per heavy atom. The molecule has 3 nitrogen and oxygen atoms in total. The zero-order valence-electron chi connectivity index (χ0n) is 9.93. The highest BCUT2D eigenvalue weighted by Gasteiger charge is 2.10. The molecule has 2 N–H and O–H groups in total. The molecule has 90 valence electrons. The van der Waals surface area contributed by atoms with E-state index in [1.807, 2.05) is 18.2 Å². The van der Waals surface area contributed by atoms with Crippen LogP contribution < -0.4 is 0 Å². The monoisotopic (exact) mass is 231 g/mol. The molecule has 17 heavy (non-hydrogen) atoms. The van der Waals surface area contributed by atoms with E-state index < -0.39 is 0 Å². The molecular formula is C14H17NO2. The van der Waals surface area contributed by atoms with Crippen molar-refractivity contribution in [3.8, 4) is 11.5 Å². The molecule has 0 aliphatic carbocycles. The molecule has 0 fully saturated rings. The summed E-state index contributed by atoms with van der Waals surface area (Å²) in [4.78, 5) is 2.24. The number of aromatic hydroxyl groups is 2. The quantitative estimate of drug-likeness (QED) is 0.786. The van der Waals surface area contributed by atoms with E-state index >= 15 is 0 Å². The predicted octanol–water partition coefficient (Wildman–Crippen LogP) is 2.72. The van der Waals surface area contributed by atoms with Gasteiger partial charge in [-0.2, -0.15) is 0 Å². The van der Waals surface area contributed by atoms with Crippen LogP contribution in [0.15, 0.2) is 36.6 Å². The van der Waals surface area contributed by atoms with Crippen molar-refractivity contribution in [2.75, 3.05) is 13.1 Å². The van der Waals surface area contributed by atoms with E-state index in [0.29, 0.717) is 0 Å². The van der Waals surface area contributed by atoms with E-state index in [2.05, 4.69) is 18.0 Å². The summed E-state index contributed by atoms with van der Waals surface area (Å²) in [5.41, 5.74) is 2.10. The fourth-order valence-electron chi connectivity index (χ4n) is 1.96. The molecule has 1 aromatic carbocycles. The first-order chi connectivity index (χ1) is 8.20. The average Bonchev–Trinajstić information content (AvgIpc) is 2.33. The van der Waals surface area contributed by atoms with Crippen molar-refractivity contribution in [3.05, 3.63) is 42.1 Å². The molecule has 0 bridgehead atoms. The fraction of sp³-hybridized carbons (Fsp3) is 0.286. The van der Waals surface area contributed by atoms with Gasteiger partial charge in [0, 0.05) is 13.1 Å². The second-order valence-electron chi connectivity index (χ2n) is 4.21. The second-order valence-corrected chi connectivity index (χ2v) is 4.21. The lowest BCUT2D eigenvalue weighted by atomic mass is 10.0. The van der Waals surface area contributed by atoms with Crippen LogP contribution in [-0.4, -0.2) is 28.2 Å². The van der Waals surface area contributed by atoms with Gasteiger partial charge in [-0.1, -0.05) is 19.1 Å². The Balaban J connectivity index is 2.20. The fourth-order valence-corrected chi connectivity index (χ4v) is 1.96. The van der Waals surface area contributed by atoms with Crippen LogP contribution in [0.1, 0.15) is 18.9 Å². The highest BCUT2D eigenvalue weighted by molar-refractivity contribution is 5.71. The second kappa shape index (κ2) is 4.95. The number of hydrogen-bond acceptors (Lipinski definition) is 3.